The van der Waals surface area contributed by atoms with E-state index >= 15 is 0 Å². The molecule has 1 aromatic rings. The number of nitrogens with zero attached hydrogens (tertiary/aromatic N) is 1. The Morgan fingerprint density at radius 1 is 1.13 bits per heavy atom. The molecule has 1 aliphatic heterocycles. The first-order chi connectivity index (χ1) is 6.45. The van der Waals surface area contributed by atoms with Crippen LogP contribution in [-0.2, 0) is 0 Å². The van der Waals surface area contributed by atoms with Crippen LogP contribution in [0, 0.1) is 0 Å². The number of pyridine rings is 1. The van der Waals surface area contributed by atoms with Crippen LogP contribution in [0.15, 0.2) is 30.0 Å². The molecule has 0 amide bonds. The number of hydrogen-bond acceptors (Lipinski definition) is 2. The number of aromatic nitrogens is 1. The van der Waals surface area contributed by atoms with Crippen LogP contribution in [-0.4, -0.2) is 18.1 Å². The summed E-state index contributed by atoms with van der Waals surface area (Å²) in [5.41, 5.74) is 2.59. The van der Waals surface area contributed by atoms with Crippen molar-refractivity contribution in [1.82, 2.24) is 10.3 Å². The molecule has 0 radical (unpaired) electrons. The summed E-state index contributed by atoms with van der Waals surface area (Å²) < 4.78 is 0. The molecule has 84 valence electrons. The first-order valence-corrected chi connectivity index (χ1v) is 4.76. The summed E-state index contributed by atoms with van der Waals surface area (Å²) in [6.45, 7) is 2.22. The van der Waals surface area contributed by atoms with Gasteiger partial charge in [0.05, 0.1) is 5.69 Å². The molecule has 2 nitrogen and oxygen atoms in total. The Balaban J connectivity index is 0.000000980. The monoisotopic (exact) mass is 246 g/mol. The molecule has 0 aliphatic carbocycles. The molecule has 0 saturated carbocycles. The number of rotatable bonds is 1. The number of piperidine rings is 1. The van der Waals surface area contributed by atoms with Gasteiger partial charge in [-0.1, -0.05) is 11.6 Å². The fourth-order valence-corrected chi connectivity index (χ4v) is 1.56. The van der Waals surface area contributed by atoms with Crippen molar-refractivity contribution >= 4 is 30.9 Å². The SMILES string of the molecule is C(=C1CCNCC1)c1ccccn1.Cl.Cl. The summed E-state index contributed by atoms with van der Waals surface area (Å²) in [6.07, 6.45) is 6.38. The molecule has 1 N–H and O–H groups in total. The molecule has 0 unspecified atom stereocenters. The van der Waals surface area contributed by atoms with E-state index in [0.29, 0.717) is 0 Å². The van der Waals surface area contributed by atoms with Gasteiger partial charge in [-0.2, -0.15) is 0 Å². The van der Waals surface area contributed by atoms with E-state index in [0.717, 1.165) is 31.6 Å². The molecule has 2 rings (SSSR count). The molecule has 1 aliphatic rings. The molecule has 1 aromatic heterocycles. The summed E-state index contributed by atoms with van der Waals surface area (Å²) in [6, 6.07) is 6.03. The minimum absolute atomic E-state index is 0. The van der Waals surface area contributed by atoms with Crippen LogP contribution in [0.4, 0.5) is 0 Å². The van der Waals surface area contributed by atoms with Gasteiger partial charge in [0, 0.05) is 6.20 Å². The zero-order chi connectivity index (χ0) is 8.93. The third kappa shape index (κ3) is 4.65. The van der Waals surface area contributed by atoms with Crippen molar-refractivity contribution in [2.24, 2.45) is 0 Å². The molecule has 0 spiro atoms. The maximum Gasteiger partial charge on any atom is 0.0629 e. The highest BCUT2D eigenvalue weighted by atomic mass is 35.5. The molecule has 1 fully saturated rings. The van der Waals surface area contributed by atoms with E-state index in [2.05, 4.69) is 22.4 Å². The van der Waals surface area contributed by atoms with Gasteiger partial charge in [0.25, 0.3) is 0 Å². The fourth-order valence-electron chi connectivity index (χ4n) is 1.56. The first-order valence-electron chi connectivity index (χ1n) is 4.76. The van der Waals surface area contributed by atoms with Gasteiger partial charge < -0.3 is 5.32 Å². The van der Waals surface area contributed by atoms with Gasteiger partial charge in [0.15, 0.2) is 0 Å². The first kappa shape index (κ1) is 14.4. The predicted molar refractivity (Wildman–Crippen MR) is 68.8 cm³/mol. The average molecular weight is 247 g/mol. The maximum atomic E-state index is 4.28. The predicted octanol–water partition coefficient (Wildman–Crippen LogP) is 2.69. The average Bonchev–Trinajstić information content (AvgIpc) is 2.21. The Morgan fingerprint density at radius 2 is 1.87 bits per heavy atom. The number of hydrogen-bond donors (Lipinski definition) is 1. The van der Waals surface area contributed by atoms with Gasteiger partial charge in [-0.3, -0.25) is 4.98 Å². The van der Waals surface area contributed by atoms with E-state index in [1.165, 1.54) is 5.57 Å². The van der Waals surface area contributed by atoms with Gasteiger partial charge in [-0.15, -0.1) is 24.8 Å². The van der Waals surface area contributed by atoms with E-state index in [1.807, 2.05) is 18.3 Å². The molecule has 0 bridgehead atoms. The van der Waals surface area contributed by atoms with Crippen molar-refractivity contribution in [3.63, 3.8) is 0 Å². The van der Waals surface area contributed by atoms with E-state index < -0.39 is 0 Å². The standard InChI is InChI=1S/C11H14N2.2ClH/c1-2-6-13-11(3-1)9-10-4-7-12-8-5-10;;/h1-3,6,9,12H,4-5,7-8H2;2*1H. The van der Waals surface area contributed by atoms with Crippen LogP contribution in [0.5, 0.6) is 0 Å². The van der Waals surface area contributed by atoms with E-state index in [-0.39, 0.29) is 24.8 Å². The van der Waals surface area contributed by atoms with Gasteiger partial charge in [0.2, 0.25) is 0 Å². The summed E-state index contributed by atoms with van der Waals surface area (Å²) in [5.74, 6) is 0. The lowest BCUT2D eigenvalue weighted by molar-refractivity contribution is 0.613. The second kappa shape index (κ2) is 7.69. The molecule has 15 heavy (non-hydrogen) atoms. The molecule has 0 atom stereocenters. The van der Waals surface area contributed by atoms with Crippen LogP contribution in [0.3, 0.4) is 0 Å². The van der Waals surface area contributed by atoms with Gasteiger partial charge in [0.1, 0.15) is 0 Å². The van der Waals surface area contributed by atoms with Crippen LogP contribution in [0.25, 0.3) is 6.08 Å². The summed E-state index contributed by atoms with van der Waals surface area (Å²) in [7, 11) is 0. The van der Waals surface area contributed by atoms with Crippen molar-refractivity contribution < 1.29 is 0 Å². The Hall–Kier alpha value is -0.570. The van der Waals surface area contributed by atoms with Gasteiger partial charge in [-0.25, -0.2) is 0 Å². The Kier molecular flexibility index (Phi) is 7.39. The van der Waals surface area contributed by atoms with Crippen molar-refractivity contribution in [2.45, 2.75) is 12.8 Å². The van der Waals surface area contributed by atoms with E-state index in [9.17, 15) is 0 Å². The third-order valence-electron chi connectivity index (χ3n) is 2.29. The molecular weight excluding hydrogens is 231 g/mol. The summed E-state index contributed by atoms with van der Waals surface area (Å²) >= 11 is 0. The van der Waals surface area contributed by atoms with E-state index in [1.54, 1.807) is 0 Å². The molecule has 2 heterocycles. The van der Waals surface area contributed by atoms with Crippen LogP contribution in [0.2, 0.25) is 0 Å². The van der Waals surface area contributed by atoms with Crippen molar-refractivity contribution in [3.05, 3.63) is 35.7 Å². The topological polar surface area (TPSA) is 24.9 Å². The molecular formula is C11H16Cl2N2. The van der Waals surface area contributed by atoms with Crippen LogP contribution < -0.4 is 5.32 Å². The molecule has 0 aromatic carbocycles. The second-order valence-corrected chi connectivity index (χ2v) is 3.31. The van der Waals surface area contributed by atoms with Crippen LogP contribution in [0.1, 0.15) is 18.5 Å². The minimum Gasteiger partial charge on any atom is -0.316 e. The quantitative estimate of drug-likeness (QED) is 0.825. The van der Waals surface area contributed by atoms with Crippen molar-refractivity contribution in [2.75, 3.05) is 13.1 Å². The smallest absolute Gasteiger partial charge is 0.0629 e. The van der Waals surface area contributed by atoms with Crippen molar-refractivity contribution in [1.29, 1.82) is 0 Å². The lowest BCUT2D eigenvalue weighted by Crippen LogP contribution is -2.22. The Morgan fingerprint density at radius 3 is 2.47 bits per heavy atom. The lowest BCUT2D eigenvalue weighted by Gasteiger charge is -2.14. The zero-order valence-electron chi connectivity index (χ0n) is 8.48. The minimum atomic E-state index is 0. The Bertz CT molecular complexity index is 291. The molecule has 4 heteroatoms. The Labute approximate surface area is 103 Å². The van der Waals surface area contributed by atoms with Crippen LogP contribution >= 0.6 is 24.8 Å². The normalized spacial score (nSPS) is 14.8. The summed E-state index contributed by atoms with van der Waals surface area (Å²) in [4.78, 5) is 4.28. The fraction of sp³-hybridized carbons (Fsp3) is 0.364. The highest BCUT2D eigenvalue weighted by Crippen LogP contribution is 2.13. The van der Waals surface area contributed by atoms with E-state index in [4.69, 9.17) is 0 Å². The lowest BCUT2D eigenvalue weighted by atomic mass is 10.0. The van der Waals surface area contributed by atoms with Gasteiger partial charge >= 0.3 is 0 Å². The third-order valence-corrected chi connectivity index (χ3v) is 2.29. The number of halogens is 2. The number of nitrogens with one attached hydrogen (secondary N) is 1. The second-order valence-electron chi connectivity index (χ2n) is 3.31. The summed E-state index contributed by atoms with van der Waals surface area (Å²) in [5, 5.41) is 3.34. The zero-order valence-corrected chi connectivity index (χ0v) is 10.1. The van der Waals surface area contributed by atoms with Gasteiger partial charge in [-0.05, 0) is 44.1 Å². The van der Waals surface area contributed by atoms with Crippen molar-refractivity contribution in [3.8, 4) is 0 Å². The highest BCUT2D eigenvalue weighted by molar-refractivity contribution is 5.85. The highest BCUT2D eigenvalue weighted by Gasteiger charge is 2.03. The molecule has 1 saturated heterocycles. The maximum absolute atomic E-state index is 4.28. The largest absolute Gasteiger partial charge is 0.316 e.